The van der Waals surface area contributed by atoms with Gasteiger partial charge >= 0.3 is 0 Å². The van der Waals surface area contributed by atoms with Gasteiger partial charge in [-0.1, -0.05) is 0 Å². The van der Waals surface area contributed by atoms with Crippen LogP contribution >= 0.6 is 0 Å². The van der Waals surface area contributed by atoms with Crippen LogP contribution in [-0.2, 0) is 16.4 Å². The highest BCUT2D eigenvalue weighted by Gasteiger charge is 2.29. The van der Waals surface area contributed by atoms with Crippen LogP contribution < -0.4 is 10.6 Å². The van der Waals surface area contributed by atoms with Gasteiger partial charge in [0.1, 0.15) is 5.82 Å². The number of rotatable bonds is 4. The Balaban J connectivity index is 2.41. The van der Waals surface area contributed by atoms with Gasteiger partial charge in [-0.05, 0) is 7.05 Å². The van der Waals surface area contributed by atoms with Crippen LogP contribution in [0.2, 0.25) is 0 Å². The summed E-state index contributed by atoms with van der Waals surface area (Å²) in [6.45, 7) is 3.38. The Kier molecular flexibility index (Phi) is 4.39. The van der Waals surface area contributed by atoms with Gasteiger partial charge in [-0.3, -0.25) is 0 Å². The Labute approximate surface area is 124 Å². The number of anilines is 2. The SMILES string of the molecule is CN1CCN(c2nn(CCC#N)c(N)c2S(C)(=O)=O)CC1. The molecule has 8 nitrogen and oxygen atoms in total. The highest BCUT2D eigenvalue weighted by Crippen LogP contribution is 2.30. The van der Waals surface area contributed by atoms with Crippen molar-refractivity contribution < 1.29 is 8.42 Å². The lowest BCUT2D eigenvalue weighted by atomic mass is 10.3. The minimum atomic E-state index is -3.48. The Morgan fingerprint density at radius 2 is 1.95 bits per heavy atom. The van der Waals surface area contributed by atoms with Crippen LogP contribution in [0.5, 0.6) is 0 Å². The van der Waals surface area contributed by atoms with Crippen LogP contribution in [-0.4, -0.2) is 62.6 Å². The van der Waals surface area contributed by atoms with E-state index in [1.807, 2.05) is 18.0 Å². The van der Waals surface area contributed by atoms with Crippen LogP contribution in [0.1, 0.15) is 6.42 Å². The first-order chi connectivity index (χ1) is 9.84. The van der Waals surface area contributed by atoms with Crippen molar-refractivity contribution in [2.75, 3.05) is 50.1 Å². The maximum atomic E-state index is 12.0. The molecule has 0 atom stereocenters. The molecule has 1 aromatic heterocycles. The fourth-order valence-electron chi connectivity index (χ4n) is 2.35. The van der Waals surface area contributed by atoms with Crippen molar-refractivity contribution in [2.24, 2.45) is 0 Å². The molecule has 0 bridgehead atoms. The molecule has 1 aromatic rings. The van der Waals surface area contributed by atoms with Crippen molar-refractivity contribution >= 4 is 21.5 Å². The van der Waals surface area contributed by atoms with Crippen LogP contribution in [0, 0.1) is 11.3 Å². The average Bonchev–Trinajstić information content (AvgIpc) is 2.74. The van der Waals surface area contributed by atoms with E-state index in [1.165, 1.54) is 4.68 Å². The van der Waals surface area contributed by atoms with Gasteiger partial charge in [-0.2, -0.15) is 10.4 Å². The third kappa shape index (κ3) is 3.28. The number of hydrogen-bond donors (Lipinski definition) is 1. The van der Waals surface area contributed by atoms with E-state index < -0.39 is 9.84 Å². The largest absolute Gasteiger partial charge is 0.383 e. The van der Waals surface area contributed by atoms with Crippen molar-refractivity contribution in [1.82, 2.24) is 14.7 Å². The zero-order valence-electron chi connectivity index (χ0n) is 12.3. The molecule has 1 saturated heterocycles. The molecule has 1 aliphatic rings. The second-order valence-corrected chi connectivity index (χ2v) is 7.18. The molecule has 0 unspecified atom stereocenters. The van der Waals surface area contributed by atoms with Crippen LogP contribution in [0.4, 0.5) is 11.6 Å². The molecule has 2 heterocycles. The molecular weight excluding hydrogens is 292 g/mol. The number of piperazine rings is 1. The molecular formula is C12H20N6O2S. The molecule has 2 N–H and O–H groups in total. The number of sulfone groups is 1. The van der Waals surface area contributed by atoms with Crippen molar-refractivity contribution in [3.05, 3.63) is 0 Å². The molecule has 0 radical (unpaired) electrons. The van der Waals surface area contributed by atoms with E-state index in [2.05, 4.69) is 10.00 Å². The second-order valence-electron chi connectivity index (χ2n) is 5.23. The predicted octanol–water partition coefficient (Wildman–Crippen LogP) is -0.466. The van der Waals surface area contributed by atoms with Gasteiger partial charge in [0.15, 0.2) is 20.6 Å². The first-order valence-electron chi connectivity index (χ1n) is 6.71. The molecule has 21 heavy (non-hydrogen) atoms. The molecule has 0 aromatic carbocycles. The quantitative estimate of drug-likeness (QED) is 0.801. The topological polar surface area (TPSA) is 108 Å². The standard InChI is InChI=1S/C12H20N6O2S/c1-16-6-8-17(9-7-16)12-10(21(2,19)20)11(14)18(15-12)5-3-4-13/h3,5-9,14H2,1-2H3. The monoisotopic (exact) mass is 312 g/mol. The van der Waals surface area contributed by atoms with Crippen LogP contribution in [0.25, 0.3) is 0 Å². The lowest BCUT2D eigenvalue weighted by molar-refractivity contribution is 0.311. The fraction of sp³-hybridized carbons (Fsp3) is 0.667. The molecule has 0 saturated carbocycles. The van der Waals surface area contributed by atoms with Gasteiger partial charge < -0.3 is 15.5 Å². The maximum Gasteiger partial charge on any atom is 0.182 e. The van der Waals surface area contributed by atoms with Gasteiger partial charge in [0, 0.05) is 32.4 Å². The summed E-state index contributed by atoms with van der Waals surface area (Å²) in [6, 6.07) is 2.01. The van der Waals surface area contributed by atoms with Crippen molar-refractivity contribution in [1.29, 1.82) is 5.26 Å². The third-order valence-corrected chi connectivity index (χ3v) is 4.67. The van der Waals surface area contributed by atoms with Gasteiger partial charge in [-0.15, -0.1) is 0 Å². The van der Waals surface area contributed by atoms with Gasteiger partial charge in [0.05, 0.1) is 19.0 Å². The van der Waals surface area contributed by atoms with Crippen molar-refractivity contribution in [2.45, 2.75) is 17.9 Å². The van der Waals surface area contributed by atoms with Crippen LogP contribution in [0.15, 0.2) is 4.90 Å². The van der Waals surface area contributed by atoms with E-state index in [0.29, 0.717) is 25.5 Å². The minimum absolute atomic E-state index is 0.0741. The summed E-state index contributed by atoms with van der Waals surface area (Å²) in [6.07, 6.45) is 1.37. The Morgan fingerprint density at radius 3 is 2.48 bits per heavy atom. The summed E-state index contributed by atoms with van der Waals surface area (Å²) < 4.78 is 25.5. The molecule has 0 amide bonds. The first-order valence-corrected chi connectivity index (χ1v) is 8.60. The summed E-state index contributed by atoms with van der Waals surface area (Å²) in [7, 11) is -1.46. The Morgan fingerprint density at radius 1 is 1.33 bits per heavy atom. The molecule has 1 fully saturated rings. The molecule has 2 rings (SSSR count). The van der Waals surface area contributed by atoms with Crippen LogP contribution in [0.3, 0.4) is 0 Å². The minimum Gasteiger partial charge on any atom is -0.383 e. The molecule has 9 heteroatoms. The van der Waals surface area contributed by atoms with E-state index >= 15 is 0 Å². The highest BCUT2D eigenvalue weighted by molar-refractivity contribution is 7.91. The zero-order chi connectivity index (χ0) is 15.6. The van der Waals surface area contributed by atoms with Gasteiger partial charge in [0.2, 0.25) is 0 Å². The molecule has 0 aliphatic carbocycles. The maximum absolute atomic E-state index is 12.0. The summed E-state index contributed by atoms with van der Waals surface area (Å²) in [4.78, 5) is 4.19. The number of nitriles is 1. The predicted molar refractivity (Wildman–Crippen MR) is 79.7 cm³/mol. The van der Waals surface area contributed by atoms with E-state index in [-0.39, 0.29) is 17.1 Å². The Bertz CT molecular complexity index is 652. The number of likely N-dealkylation sites (N-methyl/N-ethyl adjacent to an activating group) is 1. The smallest absolute Gasteiger partial charge is 0.182 e. The van der Waals surface area contributed by atoms with Crippen molar-refractivity contribution in [3.63, 3.8) is 0 Å². The molecule has 0 spiro atoms. The number of nitrogens with two attached hydrogens (primary N) is 1. The lowest BCUT2D eigenvalue weighted by Crippen LogP contribution is -2.45. The number of nitrogen functional groups attached to an aromatic ring is 1. The molecule has 116 valence electrons. The number of aromatic nitrogens is 2. The summed E-state index contributed by atoms with van der Waals surface area (Å²) in [5.41, 5.74) is 5.94. The number of nitrogens with zero attached hydrogens (tertiary/aromatic N) is 5. The number of hydrogen-bond acceptors (Lipinski definition) is 7. The van der Waals surface area contributed by atoms with E-state index in [1.54, 1.807) is 0 Å². The average molecular weight is 312 g/mol. The number of aryl methyl sites for hydroxylation is 1. The molecule has 1 aliphatic heterocycles. The summed E-state index contributed by atoms with van der Waals surface area (Å²) in [5.74, 6) is 0.516. The van der Waals surface area contributed by atoms with Crippen molar-refractivity contribution in [3.8, 4) is 6.07 Å². The fourth-order valence-corrected chi connectivity index (χ4v) is 3.34. The lowest BCUT2D eigenvalue weighted by Gasteiger charge is -2.32. The van der Waals surface area contributed by atoms with E-state index in [0.717, 1.165) is 19.3 Å². The van der Waals surface area contributed by atoms with E-state index in [4.69, 9.17) is 11.0 Å². The van der Waals surface area contributed by atoms with Gasteiger partial charge in [-0.25, -0.2) is 13.1 Å². The zero-order valence-corrected chi connectivity index (χ0v) is 13.1. The van der Waals surface area contributed by atoms with Gasteiger partial charge in [0.25, 0.3) is 0 Å². The first kappa shape index (κ1) is 15.6. The normalized spacial score (nSPS) is 16.9. The third-order valence-electron chi connectivity index (χ3n) is 3.54. The summed E-state index contributed by atoms with van der Waals surface area (Å²) >= 11 is 0. The highest BCUT2D eigenvalue weighted by atomic mass is 32.2. The Hall–Kier alpha value is -1.79. The second kappa shape index (κ2) is 5.91. The summed E-state index contributed by atoms with van der Waals surface area (Å²) in [5, 5.41) is 13.0. The van der Waals surface area contributed by atoms with E-state index in [9.17, 15) is 8.42 Å².